The SMILES string of the molecule is C=C(C)C(=O)NCC[n+]1ccccc1. The van der Waals surface area contributed by atoms with Crippen LogP contribution in [0.25, 0.3) is 0 Å². The molecular formula is C11H15N2O+. The Kier molecular flexibility index (Phi) is 3.85. The number of rotatable bonds is 4. The van der Waals surface area contributed by atoms with E-state index < -0.39 is 0 Å². The number of hydrogen-bond donors (Lipinski definition) is 1. The molecule has 1 aromatic heterocycles. The molecule has 0 atom stereocenters. The number of nitrogens with zero attached hydrogens (tertiary/aromatic N) is 1. The van der Waals surface area contributed by atoms with Crippen LogP contribution in [0, 0.1) is 0 Å². The molecule has 0 saturated carbocycles. The van der Waals surface area contributed by atoms with E-state index in [0.717, 1.165) is 6.54 Å². The number of carbonyl (C=O) groups excluding carboxylic acids is 1. The van der Waals surface area contributed by atoms with Gasteiger partial charge in [-0.2, -0.15) is 0 Å². The Labute approximate surface area is 84.1 Å². The van der Waals surface area contributed by atoms with Gasteiger partial charge in [0.25, 0.3) is 0 Å². The zero-order valence-corrected chi connectivity index (χ0v) is 8.36. The molecule has 0 spiro atoms. The fourth-order valence-electron chi connectivity index (χ4n) is 1.03. The molecule has 0 radical (unpaired) electrons. The maximum atomic E-state index is 11.1. The summed E-state index contributed by atoms with van der Waals surface area (Å²) in [5.74, 6) is -0.0819. The van der Waals surface area contributed by atoms with Crippen molar-refractivity contribution in [2.45, 2.75) is 13.5 Å². The van der Waals surface area contributed by atoms with E-state index in [9.17, 15) is 4.79 Å². The Morgan fingerprint density at radius 1 is 1.36 bits per heavy atom. The lowest BCUT2D eigenvalue weighted by Crippen LogP contribution is -2.39. The van der Waals surface area contributed by atoms with Crippen LogP contribution in [0.2, 0.25) is 0 Å². The first-order valence-corrected chi connectivity index (χ1v) is 4.58. The van der Waals surface area contributed by atoms with Crippen molar-refractivity contribution >= 4 is 5.91 Å². The maximum Gasteiger partial charge on any atom is 0.246 e. The van der Waals surface area contributed by atoms with Gasteiger partial charge in [0.2, 0.25) is 5.91 Å². The second-order valence-corrected chi connectivity index (χ2v) is 3.15. The number of carbonyl (C=O) groups is 1. The van der Waals surface area contributed by atoms with Gasteiger partial charge in [-0.05, 0) is 6.92 Å². The van der Waals surface area contributed by atoms with Gasteiger partial charge in [0, 0.05) is 17.7 Å². The van der Waals surface area contributed by atoms with Crippen molar-refractivity contribution in [1.29, 1.82) is 0 Å². The molecule has 14 heavy (non-hydrogen) atoms. The van der Waals surface area contributed by atoms with Crippen LogP contribution in [0.1, 0.15) is 6.92 Å². The van der Waals surface area contributed by atoms with E-state index in [1.54, 1.807) is 6.92 Å². The first-order valence-electron chi connectivity index (χ1n) is 4.58. The van der Waals surface area contributed by atoms with Gasteiger partial charge in [-0.25, -0.2) is 4.57 Å². The summed E-state index contributed by atoms with van der Waals surface area (Å²) < 4.78 is 2.01. The summed E-state index contributed by atoms with van der Waals surface area (Å²) in [5.41, 5.74) is 0.545. The van der Waals surface area contributed by atoms with E-state index in [-0.39, 0.29) is 5.91 Å². The van der Waals surface area contributed by atoms with Crippen LogP contribution in [0.4, 0.5) is 0 Å². The van der Waals surface area contributed by atoms with Crippen molar-refractivity contribution in [2.75, 3.05) is 6.54 Å². The molecule has 0 fully saturated rings. The third kappa shape index (κ3) is 3.39. The third-order valence-electron chi connectivity index (χ3n) is 1.82. The minimum absolute atomic E-state index is 0.0819. The molecule has 0 aromatic carbocycles. The summed E-state index contributed by atoms with van der Waals surface area (Å²) in [6, 6.07) is 5.88. The summed E-state index contributed by atoms with van der Waals surface area (Å²) in [6.45, 7) is 6.66. The lowest BCUT2D eigenvalue weighted by atomic mass is 10.3. The standard InChI is InChI=1S/C11H14N2O/c1-10(2)11(14)12-6-9-13-7-4-3-5-8-13/h3-5,7-8H,1,6,9H2,2H3/p+1. The quantitative estimate of drug-likeness (QED) is 0.550. The molecule has 0 saturated heterocycles. The maximum absolute atomic E-state index is 11.1. The Morgan fingerprint density at radius 3 is 2.57 bits per heavy atom. The minimum atomic E-state index is -0.0819. The molecule has 0 aliphatic heterocycles. The summed E-state index contributed by atoms with van der Waals surface area (Å²) in [4.78, 5) is 11.1. The zero-order chi connectivity index (χ0) is 10.4. The highest BCUT2D eigenvalue weighted by Gasteiger charge is 2.02. The van der Waals surface area contributed by atoms with E-state index in [1.165, 1.54) is 0 Å². The predicted molar refractivity (Wildman–Crippen MR) is 54.5 cm³/mol. The van der Waals surface area contributed by atoms with Gasteiger partial charge in [-0.15, -0.1) is 0 Å². The summed E-state index contributed by atoms with van der Waals surface area (Å²) in [5, 5.41) is 2.77. The molecule has 0 aliphatic rings. The van der Waals surface area contributed by atoms with Crippen molar-refractivity contribution in [1.82, 2.24) is 5.32 Å². The van der Waals surface area contributed by atoms with Gasteiger partial charge in [0.05, 0.1) is 6.54 Å². The van der Waals surface area contributed by atoms with Crippen LogP contribution in [-0.4, -0.2) is 12.5 Å². The Hall–Kier alpha value is -1.64. The van der Waals surface area contributed by atoms with Crippen molar-refractivity contribution in [3.05, 3.63) is 42.7 Å². The predicted octanol–water partition coefficient (Wildman–Crippen LogP) is 0.666. The van der Waals surface area contributed by atoms with Crippen LogP contribution in [0.5, 0.6) is 0 Å². The fraction of sp³-hybridized carbons (Fsp3) is 0.273. The van der Waals surface area contributed by atoms with Gasteiger partial charge in [-0.1, -0.05) is 12.6 Å². The Bertz CT molecular complexity index is 319. The molecule has 0 aliphatic carbocycles. The summed E-state index contributed by atoms with van der Waals surface area (Å²) in [7, 11) is 0. The van der Waals surface area contributed by atoms with Crippen molar-refractivity contribution < 1.29 is 9.36 Å². The summed E-state index contributed by atoms with van der Waals surface area (Å²) >= 11 is 0. The van der Waals surface area contributed by atoms with Gasteiger partial charge in [-0.3, -0.25) is 4.79 Å². The van der Waals surface area contributed by atoms with Crippen LogP contribution in [0.15, 0.2) is 42.7 Å². The van der Waals surface area contributed by atoms with E-state index in [1.807, 2.05) is 35.2 Å². The minimum Gasteiger partial charge on any atom is -0.346 e. The van der Waals surface area contributed by atoms with E-state index in [4.69, 9.17) is 0 Å². The molecular weight excluding hydrogens is 176 g/mol. The van der Waals surface area contributed by atoms with Crippen molar-refractivity contribution in [3.63, 3.8) is 0 Å². The average Bonchev–Trinajstić information content (AvgIpc) is 2.19. The largest absolute Gasteiger partial charge is 0.346 e. The van der Waals surface area contributed by atoms with Crippen molar-refractivity contribution in [2.24, 2.45) is 0 Å². The molecule has 0 unspecified atom stereocenters. The van der Waals surface area contributed by atoms with E-state index in [0.29, 0.717) is 12.1 Å². The van der Waals surface area contributed by atoms with Crippen LogP contribution in [-0.2, 0) is 11.3 Å². The number of nitrogens with one attached hydrogen (secondary N) is 1. The third-order valence-corrected chi connectivity index (χ3v) is 1.82. The molecule has 1 aromatic rings. The van der Waals surface area contributed by atoms with Gasteiger partial charge in [0.1, 0.15) is 0 Å². The molecule has 1 amide bonds. The fourth-order valence-corrected chi connectivity index (χ4v) is 1.03. The number of pyridine rings is 1. The molecule has 74 valence electrons. The highest BCUT2D eigenvalue weighted by Crippen LogP contribution is 1.84. The van der Waals surface area contributed by atoms with Crippen LogP contribution in [0.3, 0.4) is 0 Å². The number of aromatic nitrogens is 1. The molecule has 3 nitrogen and oxygen atoms in total. The number of amides is 1. The smallest absolute Gasteiger partial charge is 0.246 e. The normalized spacial score (nSPS) is 9.50. The van der Waals surface area contributed by atoms with Crippen LogP contribution < -0.4 is 9.88 Å². The molecule has 1 rings (SSSR count). The summed E-state index contributed by atoms with van der Waals surface area (Å²) in [6.07, 6.45) is 3.93. The zero-order valence-electron chi connectivity index (χ0n) is 8.36. The second kappa shape index (κ2) is 5.17. The van der Waals surface area contributed by atoms with E-state index in [2.05, 4.69) is 11.9 Å². The molecule has 1 heterocycles. The monoisotopic (exact) mass is 191 g/mol. The lowest BCUT2D eigenvalue weighted by Gasteiger charge is -2.01. The lowest BCUT2D eigenvalue weighted by molar-refractivity contribution is -0.694. The molecule has 0 bridgehead atoms. The average molecular weight is 191 g/mol. The molecule has 3 heteroatoms. The second-order valence-electron chi connectivity index (χ2n) is 3.15. The van der Waals surface area contributed by atoms with Crippen LogP contribution >= 0.6 is 0 Å². The first-order chi connectivity index (χ1) is 6.70. The van der Waals surface area contributed by atoms with Gasteiger partial charge < -0.3 is 5.32 Å². The van der Waals surface area contributed by atoms with E-state index >= 15 is 0 Å². The Morgan fingerprint density at radius 2 is 2.00 bits per heavy atom. The topological polar surface area (TPSA) is 33.0 Å². The highest BCUT2D eigenvalue weighted by atomic mass is 16.1. The molecule has 1 N–H and O–H groups in total. The highest BCUT2D eigenvalue weighted by molar-refractivity contribution is 5.91. The van der Waals surface area contributed by atoms with Gasteiger partial charge >= 0.3 is 0 Å². The Balaban J connectivity index is 2.29. The van der Waals surface area contributed by atoms with Crippen molar-refractivity contribution in [3.8, 4) is 0 Å². The first kappa shape index (κ1) is 10.4. The number of hydrogen-bond acceptors (Lipinski definition) is 1. The van der Waals surface area contributed by atoms with Gasteiger partial charge in [0.15, 0.2) is 18.9 Å².